The van der Waals surface area contributed by atoms with Crippen LogP contribution in [-0.2, 0) is 14.3 Å². The molecule has 2 unspecified atom stereocenters. The molecule has 3 amide bonds. The molecule has 34 heavy (non-hydrogen) atoms. The van der Waals surface area contributed by atoms with E-state index in [4.69, 9.17) is 4.74 Å². The van der Waals surface area contributed by atoms with Crippen molar-refractivity contribution >= 4 is 36.6 Å². The molecule has 2 atom stereocenters. The molecule has 2 N–H and O–H groups in total. The van der Waals surface area contributed by atoms with Gasteiger partial charge in [-0.2, -0.15) is 17.9 Å². The van der Waals surface area contributed by atoms with Gasteiger partial charge in [-0.3, -0.25) is 9.59 Å². The molecule has 1 aromatic rings. The van der Waals surface area contributed by atoms with Gasteiger partial charge in [0.15, 0.2) is 0 Å². The molecule has 0 aliphatic heterocycles. The number of hydrogen-bond acceptors (Lipinski definition) is 6. The number of carbonyl (C=O) groups is 3. The highest BCUT2D eigenvalue weighted by atomic mass is 32.1. The topological polar surface area (TPSA) is 112 Å². The summed E-state index contributed by atoms with van der Waals surface area (Å²) in [7, 11) is 0. The molecule has 8 nitrogen and oxygen atoms in total. The molecular weight excluding hydrogens is 452 g/mol. The Labute approximate surface area is 208 Å². The fraction of sp³-hybridized carbons (Fsp3) is 0.520. The Hall–Kier alpha value is -2.99. The lowest BCUT2D eigenvalue weighted by atomic mass is 10.0. The number of nitriles is 1. The van der Waals surface area contributed by atoms with Crippen LogP contribution in [0.25, 0.3) is 6.08 Å². The number of rotatable bonds is 12. The van der Waals surface area contributed by atoms with Gasteiger partial charge in [-0.15, -0.1) is 0 Å². The Kier molecular flexibility index (Phi) is 12.2. The van der Waals surface area contributed by atoms with Crippen molar-refractivity contribution in [2.24, 2.45) is 0 Å². The van der Waals surface area contributed by atoms with Gasteiger partial charge < -0.3 is 20.3 Å². The van der Waals surface area contributed by atoms with Crippen molar-refractivity contribution < 1.29 is 19.1 Å². The van der Waals surface area contributed by atoms with E-state index in [0.29, 0.717) is 12.1 Å². The predicted molar refractivity (Wildman–Crippen MR) is 136 cm³/mol. The molecule has 0 fully saturated rings. The van der Waals surface area contributed by atoms with Crippen molar-refractivity contribution in [3.8, 4) is 6.07 Å². The minimum atomic E-state index is -1.09. The standard InChI is InChI=1S/C25H36N4O4S/c1-6-8-9-14-27-22(30)21(19-12-10-11-18(7-2)16-19)29(15-13-26)23(31)20(17-34)28-24(32)33-25(3,4)5/h7,10-12,16,20-21,34H,2,6,8-9,14-15,17H2,1,3-5H3,(H,27,30)(H,28,32). The Morgan fingerprint density at radius 1 is 1.29 bits per heavy atom. The molecule has 0 saturated heterocycles. The average molecular weight is 489 g/mol. The second-order valence-corrected chi connectivity index (χ2v) is 9.15. The van der Waals surface area contributed by atoms with Gasteiger partial charge in [0, 0.05) is 12.3 Å². The van der Waals surface area contributed by atoms with E-state index >= 15 is 0 Å². The van der Waals surface area contributed by atoms with E-state index in [9.17, 15) is 19.6 Å². The third-order valence-electron chi connectivity index (χ3n) is 4.80. The van der Waals surface area contributed by atoms with Crippen LogP contribution in [0.3, 0.4) is 0 Å². The summed E-state index contributed by atoms with van der Waals surface area (Å²) in [6.45, 7) is 11.0. The number of benzene rings is 1. The first-order chi connectivity index (χ1) is 16.1. The lowest BCUT2D eigenvalue weighted by Gasteiger charge is -2.32. The highest BCUT2D eigenvalue weighted by Gasteiger charge is 2.35. The van der Waals surface area contributed by atoms with Crippen LogP contribution in [0, 0.1) is 11.3 Å². The lowest BCUT2D eigenvalue weighted by molar-refractivity contribution is -0.141. The highest BCUT2D eigenvalue weighted by Crippen LogP contribution is 2.24. The minimum Gasteiger partial charge on any atom is -0.444 e. The number of nitrogens with one attached hydrogen (secondary N) is 2. The average Bonchev–Trinajstić information content (AvgIpc) is 2.78. The van der Waals surface area contributed by atoms with Crippen molar-refractivity contribution in [2.75, 3.05) is 18.8 Å². The number of ether oxygens (including phenoxy) is 1. The van der Waals surface area contributed by atoms with Crippen LogP contribution in [0.15, 0.2) is 30.8 Å². The third kappa shape index (κ3) is 9.48. The fourth-order valence-electron chi connectivity index (χ4n) is 3.22. The first-order valence-electron chi connectivity index (χ1n) is 11.4. The zero-order valence-corrected chi connectivity index (χ0v) is 21.4. The summed E-state index contributed by atoms with van der Waals surface area (Å²) < 4.78 is 5.25. The number of nitrogens with zero attached hydrogens (tertiary/aromatic N) is 2. The first-order valence-corrected chi connectivity index (χ1v) is 12.0. The molecule has 0 spiro atoms. The van der Waals surface area contributed by atoms with E-state index in [2.05, 4.69) is 36.8 Å². The summed E-state index contributed by atoms with van der Waals surface area (Å²) in [5, 5.41) is 14.9. The van der Waals surface area contributed by atoms with E-state index in [-0.39, 0.29) is 12.3 Å². The predicted octanol–water partition coefficient (Wildman–Crippen LogP) is 3.85. The molecule has 0 aromatic heterocycles. The van der Waals surface area contributed by atoms with Crippen LogP contribution >= 0.6 is 12.6 Å². The van der Waals surface area contributed by atoms with Crippen molar-refractivity contribution in [3.05, 3.63) is 42.0 Å². The molecule has 1 aromatic carbocycles. The van der Waals surface area contributed by atoms with Gasteiger partial charge >= 0.3 is 6.09 Å². The maximum absolute atomic E-state index is 13.5. The third-order valence-corrected chi connectivity index (χ3v) is 5.16. The largest absolute Gasteiger partial charge is 0.444 e. The van der Waals surface area contributed by atoms with Gasteiger partial charge in [-0.25, -0.2) is 4.79 Å². The molecule has 1 rings (SSSR count). The summed E-state index contributed by atoms with van der Waals surface area (Å²) in [6.07, 6.45) is 3.61. The minimum absolute atomic E-state index is 0.0441. The van der Waals surface area contributed by atoms with Gasteiger partial charge in [-0.05, 0) is 44.4 Å². The van der Waals surface area contributed by atoms with Crippen LogP contribution in [-0.4, -0.2) is 53.3 Å². The Balaban J connectivity index is 3.31. The van der Waals surface area contributed by atoms with Gasteiger partial charge in [0.2, 0.25) is 11.8 Å². The summed E-state index contributed by atoms with van der Waals surface area (Å²) >= 11 is 4.21. The van der Waals surface area contributed by atoms with E-state index in [1.807, 2.05) is 12.1 Å². The summed E-state index contributed by atoms with van der Waals surface area (Å²) in [4.78, 5) is 40.2. The number of alkyl carbamates (subject to hydrolysis) is 1. The Morgan fingerprint density at radius 2 is 2.00 bits per heavy atom. The van der Waals surface area contributed by atoms with E-state index in [1.54, 1.807) is 45.0 Å². The molecule has 0 heterocycles. The number of thiol groups is 1. The van der Waals surface area contributed by atoms with Gasteiger partial charge in [0.05, 0.1) is 6.07 Å². The second-order valence-electron chi connectivity index (χ2n) is 8.78. The van der Waals surface area contributed by atoms with Crippen LogP contribution in [0.4, 0.5) is 4.79 Å². The van der Waals surface area contributed by atoms with Gasteiger partial charge in [0.1, 0.15) is 24.2 Å². The van der Waals surface area contributed by atoms with Crippen LogP contribution in [0.1, 0.15) is 64.1 Å². The summed E-state index contributed by atoms with van der Waals surface area (Å²) in [5.41, 5.74) is 0.541. The molecule has 186 valence electrons. The summed E-state index contributed by atoms with van der Waals surface area (Å²) in [6, 6.07) is 6.85. The van der Waals surface area contributed by atoms with Crippen molar-refractivity contribution in [1.82, 2.24) is 15.5 Å². The molecule has 0 aliphatic carbocycles. The first kappa shape index (κ1) is 29.0. The highest BCUT2D eigenvalue weighted by molar-refractivity contribution is 7.80. The zero-order valence-electron chi connectivity index (χ0n) is 20.5. The number of hydrogen-bond donors (Lipinski definition) is 3. The quantitative estimate of drug-likeness (QED) is 0.235. The lowest BCUT2D eigenvalue weighted by Crippen LogP contribution is -2.54. The number of amides is 3. The monoisotopic (exact) mass is 488 g/mol. The van der Waals surface area contributed by atoms with Crippen LogP contribution in [0.5, 0.6) is 0 Å². The van der Waals surface area contributed by atoms with Crippen LogP contribution in [0.2, 0.25) is 0 Å². The molecule has 0 radical (unpaired) electrons. The van der Waals surface area contributed by atoms with E-state index in [0.717, 1.165) is 29.7 Å². The Morgan fingerprint density at radius 3 is 2.56 bits per heavy atom. The van der Waals surface area contributed by atoms with E-state index in [1.165, 1.54) is 0 Å². The Bertz CT molecular complexity index is 892. The maximum atomic E-state index is 13.5. The van der Waals surface area contributed by atoms with E-state index < -0.39 is 35.6 Å². The fourth-order valence-corrected chi connectivity index (χ4v) is 3.47. The SMILES string of the molecule is C=Cc1cccc(C(C(=O)NCCCCC)N(CC#N)C(=O)C(CS)NC(=O)OC(C)(C)C)c1. The molecule has 9 heteroatoms. The number of carbonyl (C=O) groups excluding carboxylic acids is 3. The van der Waals surface area contributed by atoms with Crippen molar-refractivity contribution in [2.45, 2.75) is 64.6 Å². The zero-order chi connectivity index (χ0) is 25.7. The van der Waals surface area contributed by atoms with Crippen molar-refractivity contribution in [3.63, 3.8) is 0 Å². The van der Waals surface area contributed by atoms with Gasteiger partial charge in [-0.1, -0.05) is 50.6 Å². The van der Waals surface area contributed by atoms with Gasteiger partial charge in [0.25, 0.3) is 0 Å². The molecule has 0 bridgehead atoms. The molecule has 0 saturated carbocycles. The number of unbranched alkanes of at least 4 members (excludes halogenated alkanes) is 2. The smallest absolute Gasteiger partial charge is 0.408 e. The molecular formula is C25H36N4O4S. The summed E-state index contributed by atoms with van der Waals surface area (Å²) in [5.74, 6) is -1.06. The maximum Gasteiger partial charge on any atom is 0.408 e. The van der Waals surface area contributed by atoms with Crippen LogP contribution < -0.4 is 10.6 Å². The van der Waals surface area contributed by atoms with Crippen molar-refractivity contribution in [1.29, 1.82) is 5.26 Å². The normalized spacial score (nSPS) is 12.6. The molecule has 0 aliphatic rings. The second kappa shape index (κ2) is 14.3.